The minimum atomic E-state index is 1.02. The third-order valence-corrected chi connectivity index (χ3v) is 2.77. The van der Waals surface area contributed by atoms with Gasteiger partial charge >= 0.3 is 0 Å². The molecule has 0 spiro atoms. The molecule has 14 heavy (non-hydrogen) atoms. The molecule has 0 amide bonds. The average Bonchev–Trinajstić information content (AvgIpc) is 2.74. The summed E-state index contributed by atoms with van der Waals surface area (Å²) in [5.74, 6) is 0. The fourth-order valence-electron chi connectivity index (χ4n) is 1.26. The molecule has 0 atom stereocenters. The number of nitrogens with zero attached hydrogens (tertiary/aromatic N) is 1. The molecule has 1 aromatic carbocycles. The van der Waals surface area contributed by atoms with Crippen molar-refractivity contribution in [2.75, 3.05) is 4.90 Å². The first kappa shape index (κ1) is 8.97. The van der Waals surface area contributed by atoms with Crippen LogP contribution in [0.4, 0.5) is 10.7 Å². The second-order valence-corrected chi connectivity index (χ2v) is 3.71. The molecular weight excluding hydrogens is 192 g/mol. The van der Waals surface area contributed by atoms with Crippen LogP contribution < -0.4 is 4.90 Å². The van der Waals surface area contributed by atoms with Gasteiger partial charge in [0.05, 0.1) is 6.34 Å². The van der Waals surface area contributed by atoms with Crippen molar-refractivity contribution < 1.29 is 0 Å². The Hall–Kier alpha value is -1.61. The monoisotopic (exact) mass is 202 g/mol. The van der Waals surface area contributed by atoms with Gasteiger partial charge in [-0.1, -0.05) is 18.2 Å². The minimum Gasteiger partial charge on any atom is -0.293 e. The summed E-state index contributed by atoms with van der Waals surface area (Å²) in [6, 6.07) is 13.9. The van der Waals surface area contributed by atoms with E-state index in [4.69, 9.17) is 5.41 Å². The van der Waals surface area contributed by atoms with Crippen LogP contribution in [0.15, 0.2) is 47.8 Å². The van der Waals surface area contributed by atoms with Crippen molar-refractivity contribution >= 4 is 28.4 Å². The molecule has 0 fully saturated rings. The fraction of sp³-hybridized carbons (Fsp3) is 0. The lowest BCUT2D eigenvalue weighted by molar-refractivity contribution is 1.37. The Bertz CT molecular complexity index is 394. The second-order valence-electron chi connectivity index (χ2n) is 2.79. The van der Waals surface area contributed by atoms with Crippen molar-refractivity contribution in [2.45, 2.75) is 0 Å². The number of benzene rings is 1. The SMILES string of the molecule is N=CN(c1ccccc1)c1cccs1. The largest absolute Gasteiger partial charge is 0.293 e. The summed E-state index contributed by atoms with van der Waals surface area (Å²) in [4.78, 5) is 1.85. The summed E-state index contributed by atoms with van der Waals surface area (Å²) in [5.41, 5.74) is 1.02. The summed E-state index contributed by atoms with van der Waals surface area (Å²) in [6.45, 7) is 0. The van der Waals surface area contributed by atoms with Crippen LogP contribution in [0.25, 0.3) is 0 Å². The molecule has 0 aliphatic heterocycles. The van der Waals surface area contributed by atoms with Crippen LogP contribution in [0.2, 0.25) is 0 Å². The van der Waals surface area contributed by atoms with Crippen molar-refractivity contribution in [3.05, 3.63) is 47.8 Å². The van der Waals surface area contributed by atoms with Crippen molar-refractivity contribution in [1.82, 2.24) is 0 Å². The lowest BCUT2D eigenvalue weighted by Crippen LogP contribution is -2.11. The Morgan fingerprint density at radius 2 is 1.86 bits per heavy atom. The van der Waals surface area contributed by atoms with E-state index in [0.717, 1.165) is 10.7 Å². The molecule has 2 aromatic rings. The van der Waals surface area contributed by atoms with Crippen LogP contribution in [-0.2, 0) is 0 Å². The molecule has 0 bridgehead atoms. The summed E-state index contributed by atoms with van der Waals surface area (Å²) in [6.07, 6.45) is 1.33. The highest BCUT2D eigenvalue weighted by Gasteiger charge is 2.05. The van der Waals surface area contributed by atoms with E-state index in [9.17, 15) is 0 Å². The van der Waals surface area contributed by atoms with Crippen LogP contribution in [-0.4, -0.2) is 6.34 Å². The number of hydrogen-bond donors (Lipinski definition) is 1. The Balaban J connectivity index is 2.36. The molecule has 0 radical (unpaired) electrons. The van der Waals surface area contributed by atoms with E-state index in [2.05, 4.69) is 0 Å². The Morgan fingerprint density at radius 3 is 2.43 bits per heavy atom. The van der Waals surface area contributed by atoms with Gasteiger partial charge in [-0.25, -0.2) is 0 Å². The van der Waals surface area contributed by atoms with Crippen LogP contribution in [0.5, 0.6) is 0 Å². The van der Waals surface area contributed by atoms with E-state index in [1.165, 1.54) is 6.34 Å². The van der Waals surface area contributed by atoms with Gasteiger partial charge in [0, 0.05) is 5.69 Å². The zero-order valence-electron chi connectivity index (χ0n) is 7.55. The summed E-state index contributed by atoms with van der Waals surface area (Å²) in [7, 11) is 0. The van der Waals surface area contributed by atoms with E-state index in [0.29, 0.717) is 0 Å². The van der Waals surface area contributed by atoms with Gasteiger partial charge < -0.3 is 0 Å². The quantitative estimate of drug-likeness (QED) is 0.598. The second kappa shape index (κ2) is 4.07. The Kier molecular flexibility index (Phi) is 2.60. The molecule has 2 rings (SSSR count). The Labute approximate surface area is 86.9 Å². The first-order valence-electron chi connectivity index (χ1n) is 4.30. The molecule has 0 aliphatic rings. The van der Waals surface area contributed by atoms with Gasteiger partial charge in [0.15, 0.2) is 0 Å². The molecule has 1 heterocycles. The van der Waals surface area contributed by atoms with E-state index in [1.54, 1.807) is 11.3 Å². The molecule has 0 aliphatic carbocycles. The maximum Gasteiger partial charge on any atom is 0.101 e. The van der Waals surface area contributed by atoms with Crippen LogP contribution in [0, 0.1) is 5.41 Å². The highest BCUT2D eigenvalue weighted by Crippen LogP contribution is 2.27. The standard InChI is InChI=1S/C11H10N2S/c12-9-13(11-7-4-8-14-11)10-5-2-1-3-6-10/h1-9,12H. The van der Waals surface area contributed by atoms with Crippen molar-refractivity contribution in [3.63, 3.8) is 0 Å². The molecule has 3 heteroatoms. The van der Waals surface area contributed by atoms with Crippen molar-refractivity contribution in [1.29, 1.82) is 5.41 Å². The predicted octanol–water partition coefficient (Wildman–Crippen LogP) is 3.49. The maximum absolute atomic E-state index is 7.38. The van der Waals surface area contributed by atoms with E-state index >= 15 is 0 Å². The molecule has 70 valence electrons. The maximum atomic E-state index is 7.38. The highest BCUT2D eigenvalue weighted by atomic mass is 32.1. The normalized spacial score (nSPS) is 9.71. The van der Waals surface area contributed by atoms with Crippen LogP contribution in [0.1, 0.15) is 0 Å². The topological polar surface area (TPSA) is 27.1 Å². The van der Waals surface area contributed by atoms with Gasteiger partial charge in [0.2, 0.25) is 0 Å². The third kappa shape index (κ3) is 1.67. The van der Waals surface area contributed by atoms with Gasteiger partial charge in [0.1, 0.15) is 5.00 Å². The number of nitrogens with one attached hydrogen (secondary N) is 1. The number of hydrogen-bond acceptors (Lipinski definition) is 2. The van der Waals surface area contributed by atoms with Gasteiger partial charge in [-0.3, -0.25) is 10.3 Å². The summed E-state index contributed by atoms with van der Waals surface area (Å²) in [5, 5.41) is 10.5. The smallest absolute Gasteiger partial charge is 0.101 e. The lowest BCUT2D eigenvalue weighted by Gasteiger charge is -2.16. The van der Waals surface area contributed by atoms with Gasteiger partial charge in [-0.2, -0.15) is 0 Å². The van der Waals surface area contributed by atoms with Crippen molar-refractivity contribution in [3.8, 4) is 0 Å². The molecular formula is C11H10N2S. The van der Waals surface area contributed by atoms with E-state index in [-0.39, 0.29) is 0 Å². The van der Waals surface area contributed by atoms with Crippen LogP contribution in [0.3, 0.4) is 0 Å². The van der Waals surface area contributed by atoms with Crippen LogP contribution >= 0.6 is 11.3 Å². The van der Waals surface area contributed by atoms with Gasteiger partial charge in [0.25, 0.3) is 0 Å². The zero-order chi connectivity index (χ0) is 9.80. The molecule has 0 saturated heterocycles. The Morgan fingerprint density at radius 1 is 1.07 bits per heavy atom. The molecule has 0 saturated carbocycles. The zero-order valence-corrected chi connectivity index (χ0v) is 8.37. The van der Waals surface area contributed by atoms with E-state index in [1.807, 2.05) is 52.7 Å². The number of rotatable bonds is 3. The number of para-hydroxylation sites is 1. The summed E-state index contributed by atoms with van der Waals surface area (Å²) >= 11 is 1.63. The van der Waals surface area contributed by atoms with Gasteiger partial charge in [-0.15, -0.1) is 11.3 Å². The van der Waals surface area contributed by atoms with E-state index < -0.39 is 0 Å². The fourth-order valence-corrected chi connectivity index (χ4v) is 1.99. The summed E-state index contributed by atoms with van der Waals surface area (Å²) < 4.78 is 0. The first-order valence-corrected chi connectivity index (χ1v) is 5.18. The predicted molar refractivity (Wildman–Crippen MR) is 61.7 cm³/mol. The third-order valence-electron chi connectivity index (χ3n) is 1.91. The number of anilines is 2. The average molecular weight is 202 g/mol. The number of thiophene rings is 1. The highest BCUT2D eigenvalue weighted by molar-refractivity contribution is 7.14. The molecule has 0 unspecified atom stereocenters. The molecule has 1 N–H and O–H groups in total. The van der Waals surface area contributed by atoms with Crippen molar-refractivity contribution in [2.24, 2.45) is 0 Å². The molecule has 1 aromatic heterocycles. The molecule has 2 nitrogen and oxygen atoms in total. The lowest BCUT2D eigenvalue weighted by atomic mass is 10.3. The first-order chi connectivity index (χ1) is 6.92. The van der Waals surface area contributed by atoms with Gasteiger partial charge in [-0.05, 0) is 29.6 Å². The minimum absolute atomic E-state index is 1.02.